The van der Waals surface area contributed by atoms with Crippen LogP contribution in [0.15, 0.2) is 59.1 Å². The summed E-state index contributed by atoms with van der Waals surface area (Å²) in [5.74, 6) is 1.24. The Kier molecular flexibility index (Phi) is 4.05. The first kappa shape index (κ1) is 14.8. The predicted molar refractivity (Wildman–Crippen MR) is 84.1 cm³/mol. The van der Waals surface area contributed by atoms with Crippen LogP contribution in [0.5, 0.6) is 5.75 Å². The van der Waals surface area contributed by atoms with Gasteiger partial charge in [-0.1, -0.05) is 35.5 Å². The summed E-state index contributed by atoms with van der Waals surface area (Å²) in [5, 5.41) is 14.7. The van der Waals surface area contributed by atoms with Crippen LogP contribution in [0.4, 0.5) is 5.69 Å². The highest BCUT2D eigenvalue weighted by molar-refractivity contribution is 5.63. The zero-order chi connectivity index (χ0) is 16.2. The molecule has 6 heteroatoms. The molecule has 2 aromatic carbocycles. The van der Waals surface area contributed by atoms with Gasteiger partial charge in [-0.25, -0.2) is 0 Å². The van der Waals surface area contributed by atoms with Gasteiger partial charge in [0.1, 0.15) is 23.8 Å². The average molecular weight is 310 g/mol. The van der Waals surface area contributed by atoms with Crippen molar-refractivity contribution in [3.8, 4) is 17.0 Å². The van der Waals surface area contributed by atoms with Gasteiger partial charge >= 0.3 is 0 Å². The molecule has 3 aromatic rings. The first-order chi connectivity index (χ1) is 11.1. The number of aryl methyl sites for hydroxylation is 1. The number of hydrogen-bond donors (Lipinski definition) is 0. The molecule has 1 heterocycles. The van der Waals surface area contributed by atoms with Gasteiger partial charge in [-0.2, -0.15) is 0 Å². The summed E-state index contributed by atoms with van der Waals surface area (Å²) in [4.78, 5) is 10.2. The van der Waals surface area contributed by atoms with Crippen LogP contribution in [0.2, 0.25) is 0 Å². The number of benzene rings is 2. The fourth-order valence-corrected chi connectivity index (χ4v) is 2.20. The fourth-order valence-electron chi connectivity index (χ4n) is 2.20. The molecule has 0 amide bonds. The minimum atomic E-state index is -0.443. The van der Waals surface area contributed by atoms with Crippen LogP contribution in [-0.4, -0.2) is 10.1 Å². The lowest BCUT2D eigenvalue weighted by molar-refractivity contribution is -0.384. The molecule has 23 heavy (non-hydrogen) atoms. The van der Waals surface area contributed by atoms with Crippen molar-refractivity contribution in [2.75, 3.05) is 0 Å². The molecule has 0 bridgehead atoms. The predicted octanol–water partition coefficient (Wildman–Crippen LogP) is 4.14. The van der Waals surface area contributed by atoms with E-state index in [9.17, 15) is 10.1 Å². The van der Waals surface area contributed by atoms with E-state index in [2.05, 4.69) is 5.16 Å². The van der Waals surface area contributed by atoms with Crippen molar-refractivity contribution in [2.45, 2.75) is 13.5 Å². The van der Waals surface area contributed by atoms with Crippen molar-refractivity contribution in [3.63, 3.8) is 0 Å². The van der Waals surface area contributed by atoms with Gasteiger partial charge in [0.25, 0.3) is 5.69 Å². The van der Waals surface area contributed by atoms with Crippen LogP contribution in [0.1, 0.15) is 11.3 Å². The van der Waals surface area contributed by atoms with Gasteiger partial charge in [-0.05, 0) is 19.1 Å². The Morgan fingerprint density at radius 3 is 2.48 bits per heavy atom. The number of ether oxygens (including phenoxy) is 1. The van der Waals surface area contributed by atoms with Gasteiger partial charge in [-0.15, -0.1) is 0 Å². The molecule has 0 aliphatic carbocycles. The SMILES string of the molecule is Cc1onc(-c2ccccc2)c1COc1ccc([N+](=O)[O-])cc1. The van der Waals surface area contributed by atoms with Crippen molar-refractivity contribution in [3.05, 3.63) is 76.0 Å². The number of hydrogen-bond acceptors (Lipinski definition) is 5. The molecule has 0 radical (unpaired) electrons. The number of aromatic nitrogens is 1. The normalized spacial score (nSPS) is 10.5. The van der Waals surface area contributed by atoms with Crippen molar-refractivity contribution in [1.29, 1.82) is 0 Å². The van der Waals surface area contributed by atoms with E-state index in [0.29, 0.717) is 11.5 Å². The highest BCUT2D eigenvalue weighted by Gasteiger charge is 2.15. The Hall–Kier alpha value is -3.15. The highest BCUT2D eigenvalue weighted by atomic mass is 16.6. The van der Waals surface area contributed by atoms with E-state index >= 15 is 0 Å². The highest BCUT2D eigenvalue weighted by Crippen LogP contribution is 2.26. The molecule has 0 fully saturated rings. The van der Waals surface area contributed by atoms with Gasteiger partial charge in [0, 0.05) is 17.7 Å². The van der Waals surface area contributed by atoms with E-state index in [1.807, 2.05) is 37.3 Å². The molecule has 0 atom stereocenters. The smallest absolute Gasteiger partial charge is 0.269 e. The maximum absolute atomic E-state index is 10.6. The van der Waals surface area contributed by atoms with Crippen LogP contribution < -0.4 is 4.74 Å². The number of nitrogens with zero attached hydrogens (tertiary/aromatic N) is 2. The van der Waals surface area contributed by atoms with E-state index < -0.39 is 4.92 Å². The quantitative estimate of drug-likeness (QED) is 0.523. The Balaban J connectivity index is 1.78. The topological polar surface area (TPSA) is 78.4 Å². The van der Waals surface area contributed by atoms with Gasteiger partial charge in [-0.3, -0.25) is 10.1 Å². The molecule has 116 valence electrons. The molecular formula is C17H14N2O4. The van der Waals surface area contributed by atoms with Crippen molar-refractivity contribution >= 4 is 5.69 Å². The van der Waals surface area contributed by atoms with Crippen molar-refractivity contribution in [2.24, 2.45) is 0 Å². The van der Waals surface area contributed by atoms with E-state index in [1.165, 1.54) is 12.1 Å². The number of nitro benzene ring substituents is 1. The first-order valence-corrected chi connectivity index (χ1v) is 7.03. The van der Waals surface area contributed by atoms with Crippen LogP contribution in [0, 0.1) is 17.0 Å². The lowest BCUT2D eigenvalue weighted by Crippen LogP contribution is -1.98. The molecule has 0 aliphatic heterocycles. The maximum atomic E-state index is 10.6. The van der Waals surface area contributed by atoms with Crippen molar-refractivity contribution in [1.82, 2.24) is 5.16 Å². The number of nitro groups is 1. The van der Waals surface area contributed by atoms with Gasteiger partial charge in [0.2, 0.25) is 0 Å². The first-order valence-electron chi connectivity index (χ1n) is 7.03. The monoisotopic (exact) mass is 310 g/mol. The number of rotatable bonds is 5. The summed E-state index contributed by atoms with van der Waals surface area (Å²) in [6, 6.07) is 15.7. The number of non-ortho nitro benzene ring substituents is 1. The Morgan fingerprint density at radius 2 is 1.83 bits per heavy atom. The molecule has 6 nitrogen and oxygen atoms in total. The third kappa shape index (κ3) is 3.21. The van der Waals surface area contributed by atoms with Gasteiger partial charge in [0.15, 0.2) is 0 Å². The van der Waals surface area contributed by atoms with E-state index in [0.717, 1.165) is 16.8 Å². The second-order valence-electron chi connectivity index (χ2n) is 4.97. The molecule has 3 rings (SSSR count). The molecule has 0 N–H and O–H groups in total. The Morgan fingerprint density at radius 1 is 1.13 bits per heavy atom. The summed E-state index contributed by atoms with van der Waals surface area (Å²) in [5.41, 5.74) is 2.58. The summed E-state index contributed by atoms with van der Waals surface area (Å²) in [6.07, 6.45) is 0. The molecular weight excluding hydrogens is 296 g/mol. The van der Waals surface area contributed by atoms with Gasteiger partial charge < -0.3 is 9.26 Å². The molecule has 0 aliphatic rings. The molecule has 0 saturated carbocycles. The van der Waals surface area contributed by atoms with E-state index in [4.69, 9.17) is 9.26 Å². The molecule has 0 spiro atoms. The molecule has 0 saturated heterocycles. The third-order valence-corrected chi connectivity index (χ3v) is 3.46. The molecule has 0 unspecified atom stereocenters. The van der Waals surface area contributed by atoms with Crippen LogP contribution in [-0.2, 0) is 6.61 Å². The summed E-state index contributed by atoms with van der Waals surface area (Å²) in [6.45, 7) is 2.10. The van der Waals surface area contributed by atoms with E-state index in [1.54, 1.807) is 12.1 Å². The maximum Gasteiger partial charge on any atom is 0.269 e. The Bertz CT molecular complexity index is 810. The minimum absolute atomic E-state index is 0.0310. The minimum Gasteiger partial charge on any atom is -0.489 e. The van der Waals surface area contributed by atoms with Crippen LogP contribution in [0.3, 0.4) is 0 Å². The van der Waals surface area contributed by atoms with Crippen LogP contribution in [0.25, 0.3) is 11.3 Å². The van der Waals surface area contributed by atoms with Crippen LogP contribution >= 0.6 is 0 Å². The lowest BCUT2D eigenvalue weighted by atomic mass is 10.1. The average Bonchev–Trinajstić information content (AvgIpc) is 2.95. The zero-order valence-corrected chi connectivity index (χ0v) is 12.4. The fraction of sp³-hybridized carbons (Fsp3) is 0.118. The second kappa shape index (κ2) is 6.31. The zero-order valence-electron chi connectivity index (χ0n) is 12.4. The van der Waals surface area contributed by atoms with E-state index in [-0.39, 0.29) is 12.3 Å². The van der Waals surface area contributed by atoms with Gasteiger partial charge in [0.05, 0.1) is 10.5 Å². The molecule has 1 aromatic heterocycles. The summed E-state index contributed by atoms with van der Waals surface area (Å²) in [7, 11) is 0. The standard InChI is InChI=1S/C17H14N2O4/c1-12-16(17(18-23-12)13-5-3-2-4-6-13)11-22-15-9-7-14(8-10-15)19(20)21/h2-10H,11H2,1H3. The summed E-state index contributed by atoms with van der Waals surface area (Å²) < 4.78 is 11.0. The summed E-state index contributed by atoms with van der Waals surface area (Å²) >= 11 is 0. The Labute approximate surface area is 132 Å². The largest absolute Gasteiger partial charge is 0.489 e. The van der Waals surface area contributed by atoms with Crippen molar-refractivity contribution < 1.29 is 14.2 Å². The third-order valence-electron chi connectivity index (χ3n) is 3.46. The second-order valence-corrected chi connectivity index (χ2v) is 4.97. The lowest BCUT2D eigenvalue weighted by Gasteiger charge is -2.06.